The summed E-state index contributed by atoms with van der Waals surface area (Å²) in [5, 5.41) is 0. The lowest BCUT2D eigenvalue weighted by Crippen LogP contribution is -2.39. The Morgan fingerprint density at radius 2 is 2.12 bits per heavy atom. The Morgan fingerprint density at radius 1 is 1.35 bits per heavy atom. The molecular weight excluding hydrogens is 220 g/mol. The van der Waals surface area contributed by atoms with Gasteiger partial charge in [0.25, 0.3) is 0 Å². The largest absolute Gasteiger partial charge is 0.464 e. The van der Waals surface area contributed by atoms with E-state index in [1.165, 1.54) is 0 Å². The zero-order chi connectivity index (χ0) is 12.7. The third kappa shape index (κ3) is 4.48. The van der Waals surface area contributed by atoms with Crippen molar-refractivity contribution < 1.29 is 19.0 Å². The Morgan fingerprint density at radius 3 is 2.76 bits per heavy atom. The first-order valence-corrected chi connectivity index (χ1v) is 6.31. The minimum absolute atomic E-state index is 0.0285. The molecule has 0 saturated carbocycles. The second-order valence-corrected chi connectivity index (χ2v) is 4.15. The molecule has 17 heavy (non-hydrogen) atoms. The van der Waals surface area contributed by atoms with Crippen LogP contribution in [0.25, 0.3) is 0 Å². The number of rotatable bonds is 6. The molecule has 0 aromatic rings. The van der Waals surface area contributed by atoms with Gasteiger partial charge in [0, 0.05) is 12.5 Å². The lowest BCUT2D eigenvalue weighted by molar-refractivity contribution is -0.188. The SMILES string of the molecule is CCCCOC(=O)C1OC(OCC)C=CC1C. The summed E-state index contributed by atoms with van der Waals surface area (Å²) in [6.07, 6.45) is 4.70. The molecule has 1 aliphatic heterocycles. The number of unbranched alkanes of at least 4 members (excludes halogenated alkanes) is 1. The van der Waals surface area contributed by atoms with Gasteiger partial charge < -0.3 is 14.2 Å². The zero-order valence-electron chi connectivity index (χ0n) is 10.8. The summed E-state index contributed by atoms with van der Waals surface area (Å²) in [5.74, 6) is -0.263. The number of carbonyl (C=O) groups excluding carboxylic acids is 1. The minimum Gasteiger partial charge on any atom is -0.464 e. The van der Waals surface area contributed by atoms with E-state index in [2.05, 4.69) is 6.92 Å². The molecule has 3 unspecified atom stereocenters. The van der Waals surface area contributed by atoms with Gasteiger partial charge in [-0.1, -0.05) is 26.3 Å². The molecule has 3 atom stereocenters. The highest BCUT2D eigenvalue weighted by atomic mass is 16.7. The summed E-state index contributed by atoms with van der Waals surface area (Å²) < 4.78 is 16.0. The number of esters is 1. The molecule has 4 heteroatoms. The average molecular weight is 242 g/mol. The highest BCUT2D eigenvalue weighted by molar-refractivity contribution is 5.75. The number of carbonyl (C=O) groups is 1. The quantitative estimate of drug-likeness (QED) is 0.407. The van der Waals surface area contributed by atoms with Crippen LogP contribution < -0.4 is 0 Å². The molecule has 0 amide bonds. The van der Waals surface area contributed by atoms with E-state index in [-0.39, 0.29) is 11.9 Å². The molecule has 0 aromatic carbocycles. The number of ether oxygens (including phenoxy) is 3. The second kappa shape index (κ2) is 7.45. The van der Waals surface area contributed by atoms with Crippen molar-refractivity contribution in [1.29, 1.82) is 0 Å². The maximum absolute atomic E-state index is 11.8. The van der Waals surface area contributed by atoms with Crippen molar-refractivity contribution in [2.45, 2.75) is 46.0 Å². The van der Waals surface area contributed by atoms with Crippen LogP contribution in [-0.2, 0) is 19.0 Å². The normalized spacial score (nSPS) is 28.1. The molecule has 0 radical (unpaired) electrons. The highest BCUT2D eigenvalue weighted by Gasteiger charge is 2.31. The molecule has 0 fully saturated rings. The first-order valence-electron chi connectivity index (χ1n) is 6.31. The van der Waals surface area contributed by atoms with Crippen LogP contribution in [-0.4, -0.2) is 31.6 Å². The van der Waals surface area contributed by atoms with E-state index < -0.39 is 12.4 Å². The zero-order valence-corrected chi connectivity index (χ0v) is 10.8. The van der Waals surface area contributed by atoms with E-state index in [4.69, 9.17) is 14.2 Å². The molecule has 0 spiro atoms. The molecule has 0 aliphatic carbocycles. The summed E-state index contributed by atoms with van der Waals surface area (Å²) in [4.78, 5) is 11.8. The summed E-state index contributed by atoms with van der Waals surface area (Å²) >= 11 is 0. The maximum Gasteiger partial charge on any atom is 0.335 e. The van der Waals surface area contributed by atoms with Gasteiger partial charge in [-0.15, -0.1) is 0 Å². The van der Waals surface area contributed by atoms with Crippen LogP contribution in [0.2, 0.25) is 0 Å². The molecule has 98 valence electrons. The summed E-state index contributed by atoms with van der Waals surface area (Å²) in [5.41, 5.74) is 0. The van der Waals surface area contributed by atoms with E-state index in [9.17, 15) is 4.79 Å². The third-order valence-corrected chi connectivity index (χ3v) is 2.64. The summed E-state index contributed by atoms with van der Waals surface area (Å²) in [6.45, 7) is 6.90. The van der Waals surface area contributed by atoms with Gasteiger partial charge >= 0.3 is 5.97 Å². The van der Waals surface area contributed by atoms with Crippen LogP contribution in [0.15, 0.2) is 12.2 Å². The molecule has 0 aromatic heterocycles. The minimum atomic E-state index is -0.548. The van der Waals surface area contributed by atoms with E-state index in [0.717, 1.165) is 12.8 Å². The Bertz CT molecular complexity index is 262. The van der Waals surface area contributed by atoms with Crippen LogP contribution in [0, 0.1) is 5.92 Å². The Kier molecular flexibility index (Phi) is 6.22. The van der Waals surface area contributed by atoms with Gasteiger partial charge in [-0.3, -0.25) is 0 Å². The van der Waals surface area contributed by atoms with Gasteiger partial charge in [-0.2, -0.15) is 0 Å². The van der Waals surface area contributed by atoms with E-state index in [0.29, 0.717) is 13.2 Å². The van der Waals surface area contributed by atoms with Crippen molar-refractivity contribution in [2.24, 2.45) is 5.92 Å². The Balaban J connectivity index is 2.45. The van der Waals surface area contributed by atoms with Gasteiger partial charge in [0.05, 0.1) is 6.61 Å². The Hall–Kier alpha value is -0.870. The maximum atomic E-state index is 11.8. The van der Waals surface area contributed by atoms with Gasteiger partial charge in [0.15, 0.2) is 12.4 Å². The van der Waals surface area contributed by atoms with Crippen molar-refractivity contribution in [1.82, 2.24) is 0 Å². The van der Waals surface area contributed by atoms with E-state index >= 15 is 0 Å². The molecule has 1 heterocycles. The van der Waals surface area contributed by atoms with Gasteiger partial charge in [-0.05, 0) is 19.4 Å². The van der Waals surface area contributed by atoms with Crippen molar-refractivity contribution in [2.75, 3.05) is 13.2 Å². The first-order chi connectivity index (χ1) is 8.19. The van der Waals surface area contributed by atoms with Crippen molar-refractivity contribution in [3.8, 4) is 0 Å². The number of hydrogen-bond donors (Lipinski definition) is 0. The third-order valence-electron chi connectivity index (χ3n) is 2.64. The molecule has 0 N–H and O–H groups in total. The topological polar surface area (TPSA) is 44.8 Å². The van der Waals surface area contributed by atoms with Gasteiger partial charge in [-0.25, -0.2) is 4.79 Å². The Labute approximate surface area is 103 Å². The fourth-order valence-corrected chi connectivity index (χ4v) is 1.61. The molecule has 0 bridgehead atoms. The second-order valence-electron chi connectivity index (χ2n) is 4.15. The van der Waals surface area contributed by atoms with Gasteiger partial charge in [0.2, 0.25) is 0 Å². The molecule has 1 rings (SSSR count). The highest BCUT2D eigenvalue weighted by Crippen LogP contribution is 2.20. The van der Waals surface area contributed by atoms with Crippen LogP contribution in [0.1, 0.15) is 33.6 Å². The summed E-state index contributed by atoms with van der Waals surface area (Å²) in [7, 11) is 0. The summed E-state index contributed by atoms with van der Waals surface area (Å²) in [6, 6.07) is 0. The van der Waals surface area contributed by atoms with Crippen molar-refractivity contribution in [3.63, 3.8) is 0 Å². The lowest BCUT2D eigenvalue weighted by Gasteiger charge is -2.28. The molecule has 0 saturated heterocycles. The monoisotopic (exact) mass is 242 g/mol. The average Bonchev–Trinajstić information content (AvgIpc) is 2.32. The van der Waals surface area contributed by atoms with Crippen molar-refractivity contribution >= 4 is 5.97 Å². The predicted octanol–water partition coefficient (Wildman–Crippen LogP) is 2.28. The van der Waals surface area contributed by atoms with Crippen LogP contribution in [0.4, 0.5) is 0 Å². The number of hydrogen-bond acceptors (Lipinski definition) is 4. The smallest absolute Gasteiger partial charge is 0.335 e. The van der Waals surface area contributed by atoms with E-state index in [1.807, 2.05) is 26.0 Å². The van der Waals surface area contributed by atoms with Gasteiger partial charge in [0.1, 0.15) is 0 Å². The molecule has 4 nitrogen and oxygen atoms in total. The first kappa shape index (κ1) is 14.2. The molecule has 1 aliphatic rings. The molecular formula is C13H22O4. The van der Waals surface area contributed by atoms with Crippen LogP contribution >= 0.6 is 0 Å². The standard InChI is InChI=1S/C13H22O4/c1-4-6-9-16-13(14)12-10(3)7-8-11(17-12)15-5-2/h7-8,10-12H,4-6,9H2,1-3H3. The van der Waals surface area contributed by atoms with Crippen LogP contribution in [0.5, 0.6) is 0 Å². The lowest BCUT2D eigenvalue weighted by atomic mass is 10.0. The van der Waals surface area contributed by atoms with E-state index in [1.54, 1.807) is 0 Å². The fraction of sp³-hybridized carbons (Fsp3) is 0.769. The van der Waals surface area contributed by atoms with Crippen LogP contribution in [0.3, 0.4) is 0 Å². The van der Waals surface area contributed by atoms with Crippen molar-refractivity contribution in [3.05, 3.63) is 12.2 Å². The predicted molar refractivity (Wildman–Crippen MR) is 64.5 cm³/mol. The fourth-order valence-electron chi connectivity index (χ4n) is 1.61.